The number of carbonyl (C=O) groups is 2. The number of ether oxygens (including phenoxy) is 6. The highest BCUT2D eigenvalue weighted by molar-refractivity contribution is 5.79. The smallest absolute Gasteiger partial charge is 0.336 e. The van der Waals surface area contributed by atoms with Crippen molar-refractivity contribution in [3.05, 3.63) is 0 Å². The number of hydrogen-bond donors (Lipinski definition) is 25. The van der Waals surface area contributed by atoms with Crippen molar-refractivity contribution < 1.29 is 161 Å². The Morgan fingerprint density at radius 3 is 1.00 bits per heavy atom. The van der Waals surface area contributed by atoms with Crippen LogP contribution in [0.4, 0.5) is 0 Å². The number of carboxylic acid groups (broad SMARTS) is 1. The third-order valence-electron chi connectivity index (χ3n) is 17.3. The first-order chi connectivity index (χ1) is 43.0. The second-order valence-corrected chi connectivity index (χ2v) is 29.1. The minimum atomic E-state index is -1.84. The molecule has 0 bridgehead atoms. The van der Waals surface area contributed by atoms with Crippen molar-refractivity contribution in [2.75, 3.05) is 39.6 Å². The van der Waals surface area contributed by atoms with Gasteiger partial charge in [-0.2, -0.15) is 0 Å². The van der Waals surface area contributed by atoms with Crippen LogP contribution in [0.2, 0.25) is 0 Å². The molecule has 33 heteroatoms. The van der Waals surface area contributed by atoms with Gasteiger partial charge in [0.15, 0.2) is 5.60 Å². The van der Waals surface area contributed by atoms with E-state index >= 15 is 0 Å². The lowest BCUT2D eigenvalue weighted by atomic mass is 9.70. The van der Waals surface area contributed by atoms with Crippen molar-refractivity contribution in [2.24, 2.45) is 34.0 Å². The van der Waals surface area contributed by atoms with Crippen molar-refractivity contribution in [1.29, 1.82) is 0 Å². The zero-order valence-corrected chi connectivity index (χ0v) is 56.9. The second-order valence-electron chi connectivity index (χ2n) is 29.1. The van der Waals surface area contributed by atoms with Crippen LogP contribution in [0.1, 0.15) is 117 Å². The maximum absolute atomic E-state index is 11.7. The van der Waals surface area contributed by atoms with Crippen LogP contribution in [-0.4, -0.2) is 357 Å². The standard InChI is InChI=1S/C13H24O8.C11H21NO5.2C10H20O5.C9H18O5.C8H16O4/c1-12(2,3)13(11(19)20)4-6(15)8(17)10(21-13)9(18)7(16)5-14;1-5(2)11-8(12-6(3)14)10(16)9(15)7(4-13)17-11;2*1-10(2,3)9-8(14)7(13)6(12)5(4-11)15-9;1-4(2)9-8(13)7(12)6(11)5(3-10)14-9;1-4(2)8-7(11)6(10)5(3-9)12-8/h6-10,14-18H,4-5H2,1-3H3,(H,19,20);5,7-11,13,15-16H,4H2,1-3H3,(H,12,14);2*5-9,11-14H,4H2,1-3H3;4-13H,3H2,1-2H3;4-11H,3H2,1-2H3/t6?,7-,8-,9-,10?,13-;7?,8?,9-,10-,11+;5?,6-,7+,8?,9+;5?,6-,7+,8?,9-;5?,6-,7-,8?,9-;5-,6+,7?,8-/m111101/s1. The van der Waals surface area contributed by atoms with Gasteiger partial charge in [-0.15, -0.1) is 0 Å². The van der Waals surface area contributed by atoms with Gasteiger partial charge in [0.25, 0.3) is 0 Å². The molecule has 6 rings (SSSR count). The molecule has 0 saturated carbocycles. The van der Waals surface area contributed by atoms with Crippen molar-refractivity contribution in [1.82, 2.24) is 5.32 Å². The molecule has 6 aliphatic rings. The number of aliphatic carboxylic acids is 1. The van der Waals surface area contributed by atoms with Gasteiger partial charge in [0.2, 0.25) is 5.91 Å². The SMILES string of the molecule is CC(=O)NC1[C@H](C(C)C)OC(CO)[C@@H](O)[C@@H]1O.CC(C)(C)[C@@H]1OC(CO)[C@@H](O)[C@H](O)C1O.CC(C)(C)[C@H]1OC(CO)[C@@H](O)[C@H](O)C1O.CC(C)(C)[C@]1(C(=O)O)CC(O)[C@@H](O)C([C@H](O)[C@H](O)CO)O1.CC(C)[C@@H]1OC(CO)[C@H](O)[C@H](O)C1O.CC(C)[C@H]1O[C@H](CO)[C@H](O)C1O. The molecule has 0 aromatic carbocycles. The van der Waals surface area contributed by atoms with E-state index in [1.54, 1.807) is 20.8 Å². The van der Waals surface area contributed by atoms with E-state index in [-0.39, 0.29) is 80.1 Å². The predicted molar refractivity (Wildman–Crippen MR) is 328 cm³/mol. The highest BCUT2D eigenvalue weighted by Crippen LogP contribution is 2.44. The van der Waals surface area contributed by atoms with E-state index in [1.807, 2.05) is 83.1 Å². The minimum Gasteiger partial charge on any atom is -0.479 e. The number of hydrogen-bond acceptors (Lipinski definition) is 31. The van der Waals surface area contributed by atoms with Crippen LogP contribution < -0.4 is 5.32 Å². The zero-order chi connectivity index (χ0) is 73.5. The first-order valence-electron chi connectivity index (χ1n) is 31.7. The molecular formula is C61H119NO32. The Kier molecular flexibility index (Phi) is 36.8. The average Bonchev–Trinajstić information content (AvgIpc) is 0.919. The molecule has 6 heterocycles. The van der Waals surface area contributed by atoms with Gasteiger partial charge < -0.3 is 156 Å². The topological polar surface area (TPSA) is 587 Å². The molecule has 94 heavy (non-hydrogen) atoms. The summed E-state index contributed by atoms with van der Waals surface area (Å²) in [5.41, 5.74) is -3.52. The Labute approximate surface area is 549 Å². The number of carboxylic acids is 1. The summed E-state index contributed by atoms with van der Waals surface area (Å²) < 4.78 is 32.3. The summed E-state index contributed by atoms with van der Waals surface area (Å²) in [6, 6.07) is -0.662. The first-order valence-corrected chi connectivity index (χ1v) is 31.7. The van der Waals surface area contributed by atoms with Gasteiger partial charge in [-0.3, -0.25) is 4.79 Å². The molecule has 6 aliphatic heterocycles. The van der Waals surface area contributed by atoms with Crippen LogP contribution in [0.5, 0.6) is 0 Å². The second kappa shape index (κ2) is 38.5. The largest absolute Gasteiger partial charge is 0.479 e. The number of aliphatic hydroxyl groups is 23. The Hall–Kier alpha value is -2.22. The van der Waals surface area contributed by atoms with E-state index < -0.39 is 194 Å². The van der Waals surface area contributed by atoms with Gasteiger partial charge in [0.05, 0.1) is 82.3 Å². The summed E-state index contributed by atoms with van der Waals surface area (Å²) in [6.07, 6.45) is -29.9. The van der Waals surface area contributed by atoms with Gasteiger partial charge in [0.1, 0.15) is 134 Å². The van der Waals surface area contributed by atoms with Crippen molar-refractivity contribution >= 4 is 11.9 Å². The number of nitrogens with one attached hydrogen (secondary N) is 1. The molecule has 0 aliphatic carbocycles. The maximum atomic E-state index is 11.7. The van der Waals surface area contributed by atoms with Crippen molar-refractivity contribution in [3.8, 4) is 0 Å². The fourth-order valence-electron chi connectivity index (χ4n) is 11.4. The van der Waals surface area contributed by atoms with Gasteiger partial charge in [-0.1, -0.05) is 104 Å². The van der Waals surface area contributed by atoms with Crippen LogP contribution >= 0.6 is 0 Å². The van der Waals surface area contributed by atoms with E-state index in [1.165, 1.54) is 6.92 Å². The highest BCUT2D eigenvalue weighted by Gasteiger charge is 2.60. The summed E-state index contributed by atoms with van der Waals surface area (Å²) in [7, 11) is 0. The van der Waals surface area contributed by atoms with E-state index in [9.17, 15) is 102 Å². The Bertz CT molecular complexity index is 2100. The normalized spacial score (nSPS) is 40.9. The Morgan fingerprint density at radius 1 is 0.426 bits per heavy atom. The lowest BCUT2D eigenvalue weighted by molar-refractivity contribution is -0.275. The lowest BCUT2D eigenvalue weighted by Crippen LogP contribution is -2.66. The molecule has 30 atom stereocenters. The van der Waals surface area contributed by atoms with E-state index in [4.69, 9.17) is 59.1 Å². The zero-order valence-electron chi connectivity index (χ0n) is 56.9. The molecule has 6 saturated heterocycles. The fraction of sp³-hybridized carbons (Fsp3) is 0.967. The van der Waals surface area contributed by atoms with Crippen LogP contribution in [0.15, 0.2) is 0 Å². The number of amides is 1. The molecule has 11 unspecified atom stereocenters. The van der Waals surface area contributed by atoms with Gasteiger partial charge in [-0.05, 0) is 28.6 Å². The summed E-state index contributed by atoms with van der Waals surface area (Å²) >= 11 is 0. The van der Waals surface area contributed by atoms with E-state index in [2.05, 4.69) is 5.32 Å². The van der Waals surface area contributed by atoms with Crippen LogP contribution in [-0.2, 0) is 38.0 Å². The van der Waals surface area contributed by atoms with Crippen molar-refractivity contribution in [3.63, 3.8) is 0 Å². The van der Waals surface area contributed by atoms with E-state index in [0.29, 0.717) is 0 Å². The molecule has 0 aromatic heterocycles. The van der Waals surface area contributed by atoms with Crippen LogP contribution in [0.3, 0.4) is 0 Å². The van der Waals surface area contributed by atoms with Gasteiger partial charge >= 0.3 is 5.97 Å². The summed E-state index contributed by atoms with van der Waals surface area (Å²) in [5, 5.41) is 229. The summed E-state index contributed by atoms with van der Waals surface area (Å²) in [6.45, 7) is 26.0. The molecule has 25 N–H and O–H groups in total. The molecule has 0 aromatic rings. The van der Waals surface area contributed by atoms with Gasteiger partial charge in [-0.25, -0.2) is 4.79 Å². The Balaban J connectivity index is 0.000000568. The molecule has 560 valence electrons. The molecule has 0 spiro atoms. The highest BCUT2D eigenvalue weighted by atomic mass is 16.6. The predicted octanol–water partition coefficient (Wildman–Crippen LogP) is -7.93. The third kappa shape index (κ3) is 23.2. The fourth-order valence-corrected chi connectivity index (χ4v) is 11.4. The maximum Gasteiger partial charge on any atom is 0.336 e. The first kappa shape index (κ1) is 89.8. The molecule has 33 nitrogen and oxygen atoms in total. The van der Waals surface area contributed by atoms with Crippen molar-refractivity contribution in [2.45, 2.75) is 300 Å². The quantitative estimate of drug-likeness (QED) is 0.0814. The third-order valence-corrected chi connectivity index (χ3v) is 17.3. The monoisotopic (exact) mass is 1380 g/mol. The molecule has 6 fully saturated rings. The molecule has 0 radical (unpaired) electrons. The van der Waals surface area contributed by atoms with E-state index in [0.717, 1.165) is 0 Å². The number of carbonyl (C=O) groups excluding carboxylic acids is 1. The average molecular weight is 1380 g/mol. The number of rotatable bonds is 13. The summed E-state index contributed by atoms with van der Waals surface area (Å²) in [4.78, 5) is 22.7. The lowest BCUT2D eigenvalue weighted by Gasteiger charge is -2.50. The van der Waals surface area contributed by atoms with Crippen LogP contribution in [0, 0.1) is 34.0 Å². The molecule has 1 amide bonds. The minimum absolute atomic E-state index is 0.0150. The number of aliphatic hydroxyl groups excluding tert-OH is 23. The summed E-state index contributed by atoms with van der Waals surface area (Å²) in [5.74, 6) is -1.43. The van der Waals surface area contributed by atoms with Gasteiger partial charge in [0, 0.05) is 18.8 Å². The van der Waals surface area contributed by atoms with Crippen LogP contribution in [0.25, 0.3) is 0 Å². The molecular weight excluding hydrogens is 1260 g/mol. The Morgan fingerprint density at radius 2 is 0.723 bits per heavy atom.